The lowest BCUT2D eigenvalue weighted by atomic mass is 9.98. The van der Waals surface area contributed by atoms with Crippen molar-refractivity contribution >= 4 is 35.8 Å². The summed E-state index contributed by atoms with van der Waals surface area (Å²) in [6, 6.07) is 11.6. The number of hydrogen-bond acceptors (Lipinski definition) is 3. The first kappa shape index (κ1) is 23.9. The van der Waals surface area contributed by atoms with Gasteiger partial charge < -0.3 is 16.4 Å². The van der Waals surface area contributed by atoms with Gasteiger partial charge >= 0.3 is 0 Å². The Morgan fingerprint density at radius 3 is 2.29 bits per heavy atom. The van der Waals surface area contributed by atoms with Crippen molar-refractivity contribution in [2.24, 2.45) is 11.7 Å². The molecule has 152 valence electrons. The number of hydrogen-bond donors (Lipinski definition) is 3. The first-order chi connectivity index (χ1) is 12.8. The van der Waals surface area contributed by atoms with Gasteiger partial charge in [-0.25, -0.2) is 4.39 Å². The number of carbonyl (C=O) groups is 2. The van der Waals surface area contributed by atoms with Gasteiger partial charge in [0.25, 0.3) is 0 Å². The van der Waals surface area contributed by atoms with Crippen molar-refractivity contribution in [1.82, 2.24) is 10.6 Å². The predicted octanol–water partition coefficient (Wildman–Crippen LogP) is 3.21. The minimum Gasteiger partial charge on any atom is -0.346 e. The Bertz CT molecular complexity index is 772. The van der Waals surface area contributed by atoms with Crippen molar-refractivity contribution in [1.29, 1.82) is 0 Å². The second-order valence-electron chi connectivity index (χ2n) is 6.60. The molecule has 28 heavy (non-hydrogen) atoms. The van der Waals surface area contributed by atoms with Crippen LogP contribution in [0.4, 0.5) is 4.39 Å². The second-order valence-corrected chi connectivity index (χ2v) is 7.03. The molecule has 2 atom stereocenters. The van der Waals surface area contributed by atoms with Gasteiger partial charge in [0.1, 0.15) is 5.82 Å². The molecule has 5 nitrogen and oxygen atoms in total. The zero-order chi connectivity index (χ0) is 20.0. The van der Waals surface area contributed by atoms with E-state index < -0.39 is 29.7 Å². The molecule has 0 aliphatic rings. The average Bonchev–Trinajstić information content (AvgIpc) is 2.63. The molecule has 0 aliphatic carbocycles. The maximum Gasteiger partial charge on any atom is 0.240 e. The van der Waals surface area contributed by atoms with Gasteiger partial charge in [0, 0.05) is 5.02 Å². The van der Waals surface area contributed by atoms with E-state index in [9.17, 15) is 14.0 Å². The van der Waals surface area contributed by atoms with E-state index in [4.69, 9.17) is 17.3 Å². The van der Waals surface area contributed by atoms with Crippen molar-refractivity contribution in [2.75, 3.05) is 6.54 Å². The number of carbonyl (C=O) groups excluding carboxylic acids is 2. The minimum absolute atomic E-state index is 0. The first-order valence-electron chi connectivity index (χ1n) is 8.61. The first-order valence-corrected chi connectivity index (χ1v) is 8.99. The van der Waals surface area contributed by atoms with Crippen molar-refractivity contribution in [3.8, 4) is 0 Å². The summed E-state index contributed by atoms with van der Waals surface area (Å²) in [5, 5.41) is 5.83. The monoisotopic (exact) mass is 427 g/mol. The molecule has 0 saturated carbocycles. The standard InChI is InChI=1S/C20H23ClFN3O2.ClH/c1-12(2)18(23)20(27)24-11-17(26)25-19(13-5-3-7-15(21)9-13)14-6-4-8-16(22)10-14;/h3-10,12,18-19H,11,23H2,1-2H3,(H,24,27)(H,25,26);1H/t18-,19?;/m0./s1. The van der Waals surface area contributed by atoms with Crippen LogP contribution in [0, 0.1) is 11.7 Å². The fourth-order valence-corrected chi connectivity index (χ4v) is 2.73. The summed E-state index contributed by atoms with van der Waals surface area (Å²) in [7, 11) is 0. The lowest BCUT2D eigenvalue weighted by molar-refractivity contribution is -0.127. The van der Waals surface area contributed by atoms with Gasteiger partial charge in [-0.05, 0) is 41.3 Å². The van der Waals surface area contributed by atoms with Crippen LogP contribution in [0.3, 0.4) is 0 Å². The Morgan fingerprint density at radius 2 is 1.71 bits per heavy atom. The van der Waals surface area contributed by atoms with Crippen LogP contribution in [0.2, 0.25) is 5.02 Å². The Labute approximate surface area is 175 Å². The molecule has 2 aromatic rings. The van der Waals surface area contributed by atoms with Gasteiger partial charge in [-0.2, -0.15) is 0 Å². The Morgan fingerprint density at radius 1 is 1.11 bits per heavy atom. The highest BCUT2D eigenvalue weighted by atomic mass is 35.5. The smallest absolute Gasteiger partial charge is 0.240 e. The van der Waals surface area contributed by atoms with Crippen LogP contribution in [0.25, 0.3) is 0 Å². The molecule has 0 spiro atoms. The molecule has 2 aromatic carbocycles. The number of amides is 2. The van der Waals surface area contributed by atoms with E-state index in [0.29, 0.717) is 16.1 Å². The summed E-state index contributed by atoms with van der Waals surface area (Å²) in [5.74, 6) is -1.27. The normalized spacial score (nSPS) is 12.6. The van der Waals surface area contributed by atoms with Crippen LogP contribution in [-0.2, 0) is 9.59 Å². The number of nitrogens with two attached hydrogens (primary N) is 1. The van der Waals surface area contributed by atoms with Crippen LogP contribution in [0.15, 0.2) is 48.5 Å². The third-order valence-electron chi connectivity index (χ3n) is 4.11. The summed E-state index contributed by atoms with van der Waals surface area (Å²) in [4.78, 5) is 24.3. The summed E-state index contributed by atoms with van der Waals surface area (Å²) in [6.07, 6.45) is 0. The highest BCUT2D eigenvalue weighted by Crippen LogP contribution is 2.25. The van der Waals surface area contributed by atoms with Crippen molar-refractivity contribution < 1.29 is 14.0 Å². The molecule has 1 unspecified atom stereocenters. The molecule has 2 amide bonds. The summed E-state index contributed by atoms with van der Waals surface area (Å²) in [5.41, 5.74) is 7.03. The van der Waals surface area contributed by atoms with Crippen LogP contribution >= 0.6 is 24.0 Å². The van der Waals surface area contributed by atoms with E-state index in [0.717, 1.165) is 0 Å². The van der Waals surface area contributed by atoms with E-state index in [2.05, 4.69) is 10.6 Å². The van der Waals surface area contributed by atoms with Gasteiger partial charge in [-0.1, -0.05) is 49.7 Å². The van der Waals surface area contributed by atoms with E-state index in [1.807, 2.05) is 13.8 Å². The van der Waals surface area contributed by atoms with E-state index in [1.54, 1.807) is 36.4 Å². The van der Waals surface area contributed by atoms with Gasteiger partial charge in [0.2, 0.25) is 11.8 Å². The van der Waals surface area contributed by atoms with Crippen molar-refractivity contribution in [3.05, 3.63) is 70.5 Å². The second kappa shape index (κ2) is 11.0. The number of halogens is 3. The lowest BCUT2D eigenvalue weighted by Gasteiger charge is -2.21. The molecule has 8 heteroatoms. The highest BCUT2D eigenvalue weighted by Gasteiger charge is 2.20. The molecular formula is C20H24Cl2FN3O2. The van der Waals surface area contributed by atoms with Crippen LogP contribution < -0.4 is 16.4 Å². The molecule has 2 rings (SSSR count). The third kappa shape index (κ3) is 6.78. The molecule has 0 aliphatic heterocycles. The Hall–Kier alpha value is -2.15. The predicted molar refractivity (Wildman–Crippen MR) is 111 cm³/mol. The molecule has 0 radical (unpaired) electrons. The van der Waals surface area contributed by atoms with Gasteiger partial charge in [0.15, 0.2) is 0 Å². The molecule has 0 heterocycles. The van der Waals surface area contributed by atoms with Gasteiger partial charge in [-0.3, -0.25) is 9.59 Å². The quantitative estimate of drug-likeness (QED) is 0.633. The molecule has 4 N–H and O–H groups in total. The summed E-state index contributed by atoms with van der Waals surface area (Å²) >= 11 is 6.05. The fraction of sp³-hybridized carbons (Fsp3) is 0.300. The topological polar surface area (TPSA) is 84.2 Å². The van der Waals surface area contributed by atoms with Crippen molar-refractivity contribution in [3.63, 3.8) is 0 Å². The molecule has 0 fully saturated rings. The zero-order valence-corrected chi connectivity index (χ0v) is 17.2. The molecule has 0 bridgehead atoms. The molecule has 0 saturated heterocycles. The average molecular weight is 428 g/mol. The Balaban J connectivity index is 0.00000392. The lowest BCUT2D eigenvalue weighted by Crippen LogP contribution is -2.47. The van der Waals surface area contributed by atoms with E-state index in [1.165, 1.54) is 12.1 Å². The van der Waals surface area contributed by atoms with Crippen LogP contribution in [0.5, 0.6) is 0 Å². The van der Waals surface area contributed by atoms with Gasteiger partial charge in [-0.15, -0.1) is 12.4 Å². The number of benzene rings is 2. The fourth-order valence-electron chi connectivity index (χ4n) is 2.53. The summed E-state index contributed by atoms with van der Waals surface area (Å²) in [6.45, 7) is 3.42. The van der Waals surface area contributed by atoms with Crippen molar-refractivity contribution in [2.45, 2.75) is 25.9 Å². The zero-order valence-electron chi connectivity index (χ0n) is 15.6. The van der Waals surface area contributed by atoms with Gasteiger partial charge in [0.05, 0.1) is 18.6 Å². The van der Waals surface area contributed by atoms with Crippen LogP contribution in [0.1, 0.15) is 31.0 Å². The molecular weight excluding hydrogens is 404 g/mol. The largest absolute Gasteiger partial charge is 0.346 e. The Kier molecular flexibility index (Phi) is 9.38. The number of rotatable bonds is 7. The van der Waals surface area contributed by atoms with E-state index >= 15 is 0 Å². The third-order valence-corrected chi connectivity index (χ3v) is 4.35. The maximum atomic E-state index is 13.7. The summed E-state index contributed by atoms with van der Waals surface area (Å²) < 4.78 is 13.7. The number of nitrogens with one attached hydrogen (secondary N) is 2. The molecule has 0 aromatic heterocycles. The maximum absolute atomic E-state index is 13.7. The van der Waals surface area contributed by atoms with Crippen LogP contribution in [-0.4, -0.2) is 24.4 Å². The SMILES string of the molecule is CC(C)[C@H](N)C(=O)NCC(=O)NC(c1cccc(F)c1)c1cccc(Cl)c1.Cl. The van der Waals surface area contributed by atoms with E-state index in [-0.39, 0.29) is 24.9 Å². The minimum atomic E-state index is -0.690. The highest BCUT2D eigenvalue weighted by molar-refractivity contribution is 6.30.